The van der Waals surface area contributed by atoms with Gasteiger partial charge in [0.05, 0.1) is 11.6 Å². The van der Waals surface area contributed by atoms with E-state index in [2.05, 4.69) is 38.2 Å². The molecule has 0 aromatic heterocycles. The smallest absolute Gasteiger partial charge is 0.408 e. The van der Waals surface area contributed by atoms with Gasteiger partial charge in [-0.25, -0.2) is 4.79 Å². The van der Waals surface area contributed by atoms with Gasteiger partial charge in [0.15, 0.2) is 0 Å². The van der Waals surface area contributed by atoms with Crippen molar-refractivity contribution in [3.63, 3.8) is 0 Å². The largest absolute Gasteiger partial charge is 0.465 e. The zero-order valence-corrected chi connectivity index (χ0v) is 11.5. The van der Waals surface area contributed by atoms with Crippen molar-refractivity contribution in [2.75, 3.05) is 0 Å². The average molecular weight is 258 g/mol. The second-order valence-corrected chi connectivity index (χ2v) is 5.92. The van der Waals surface area contributed by atoms with Crippen molar-refractivity contribution >= 4 is 6.09 Å². The molecule has 1 amide bonds. The quantitative estimate of drug-likeness (QED) is 0.756. The van der Waals surface area contributed by atoms with Crippen molar-refractivity contribution < 1.29 is 9.90 Å². The molecule has 0 unspecified atom stereocenters. The molecule has 0 aromatic rings. The first kappa shape index (κ1) is 13.4. The first-order valence-corrected chi connectivity index (χ1v) is 6.41. The van der Waals surface area contributed by atoms with E-state index in [0.29, 0.717) is 12.8 Å². The molecule has 0 saturated heterocycles. The van der Waals surface area contributed by atoms with Crippen LogP contribution in [0.1, 0.15) is 40.0 Å². The summed E-state index contributed by atoms with van der Waals surface area (Å²) in [5.74, 6) is 0. The van der Waals surface area contributed by atoms with E-state index in [1.54, 1.807) is 0 Å². The third-order valence-corrected chi connectivity index (χ3v) is 3.61. The van der Waals surface area contributed by atoms with Crippen molar-refractivity contribution in [3.8, 4) is 6.07 Å². The summed E-state index contributed by atoms with van der Waals surface area (Å²) in [7, 11) is 0. The molecule has 19 heavy (non-hydrogen) atoms. The van der Waals surface area contributed by atoms with Crippen LogP contribution in [0.15, 0.2) is 34.1 Å². The number of amides is 1. The lowest BCUT2D eigenvalue weighted by atomic mass is 9.76. The highest BCUT2D eigenvalue weighted by Gasteiger charge is 2.31. The summed E-state index contributed by atoms with van der Waals surface area (Å²) >= 11 is 0. The van der Waals surface area contributed by atoms with Gasteiger partial charge in [0, 0.05) is 5.70 Å². The summed E-state index contributed by atoms with van der Waals surface area (Å²) < 4.78 is 0. The fraction of sp³-hybridized carbons (Fsp3) is 0.467. The van der Waals surface area contributed by atoms with Crippen LogP contribution in [-0.2, 0) is 0 Å². The van der Waals surface area contributed by atoms with E-state index in [4.69, 9.17) is 5.11 Å². The SMILES string of the molecule is CC(C)(C)C1=CCC2=C(NC(=O)O)CCC2=C1C#N. The molecule has 0 heterocycles. The van der Waals surface area contributed by atoms with Gasteiger partial charge < -0.3 is 5.11 Å². The number of rotatable bonds is 1. The van der Waals surface area contributed by atoms with E-state index in [-0.39, 0.29) is 5.41 Å². The number of nitriles is 1. The predicted molar refractivity (Wildman–Crippen MR) is 72.2 cm³/mol. The predicted octanol–water partition coefficient (Wildman–Crippen LogP) is 3.50. The van der Waals surface area contributed by atoms with Crippen molar-refractivity contribution in [2.24, 2.45) is 5.41 Å². The van der Waals surface area contributed by atoms with Gasteiger partial charge in [-0.15, -0.1) is 0 Å². The maximum atomic E-state index is 10.8. The number of nitrogens with one attached hydrogen (secondary N) is 1. The number of allylic oxidation sites excluding steroid dienone is 6. The van der Waals surface area contributed by atoms with Gasteiger partial charge in [0.1, 0.15) is 0 Å². The summed E-state index contributed by atoms with van der Waals surface area (Å²) in [6, 6.07) is 2.31. The van der Waals surface area contributed by atoms with E-state index in [9.17, 15) is 10.1 Å². The molecule has 0 bridgehead atoms. The minimum absolute atomic E-state index is 0.0629. The fourth-order valence-corrected chi connectivity index (χ4v) is 2.80. The van der Waals surface area contributed by atoms with Gasteiger partial charge in [0.2, 0.25) is 0 Å². The van der Waals surface area contributed by atoms with Crippen LogP contribution in [0.4, 0.5) is 4.79 Å². The monoisotopic (exact) mass is 258 g/mol. The maximum absolute atomic E-state index is 10.8. The molecule has 0 radical (unpaired) electrons. The van der Waals surface area contributed by atoms with Crippen LogP contribution in [0.25, 0.3) is 0 Å². The molecule has 0 spiro atoms. The molecule has 0 saturated carbocycles. The molecule has 0 aliphatic heterocycles. The lowest BCUT2D eigenvalue weighted by Crippen LogP contribution is -2.20. The van der Waals surface area contributed by atoms with E-state index < -0.39 is 6.09 Å². The number of carboxylic acid groups (broad SMARTS) is 1. The Morgan fingerprint density at radius 2 is 2.05 bits per heavy atom. The van der Waals surface area contributed by atoms with Crippen molar-refractivity contribution in [2.45, 2.75) is 40.0 Å². The molecule has 2 aliphatic rings. The maximum Gasteiger partial charge on any atom is 0.408 e. The standard InChI is InChI=1S/C15H18N2O2/c1-15(2,3)12-6-4-10-9(11(12)8-16)5-7-13(10)17-14(18)19/h6,17H,4-5,7H2,1-3H3,(H,18,19). The Hall–Kier alpha value is -2.02. The van der Waals surface area contributed by atoms with Crippen molar-refractivity contribution in [1.29, 1.82) is 5.26 Å². The Kier molecular flexibility index (Phi) is 3.23. The Bertz CT molecular complexity index is 566. The molecule has 0 fully saturated rings. The summed E-state index contributed by atoms with van der Waals surface area (Å²) in [5.41, 5.74) is 4.51. The molecule has 2 N–H and O–H groups in total. The molecule has 4 heteroatoms. The molecule has 0 aromatic carbocycles. The Morgan fingerprint density at radius 3 is 2.58 bits per heavy atom. The third-order valence-electron chi connectivity index (χ3n) is 3.61. The fourth-order valence-electron chi connectivity index (χ4n) is 2.80. The summed E-state index contributed by atoms with van der Waals surface area (Å²) in [4.78, 5) is 10.8. The summed E-state index contributed by atoms with van der Waals surface area (Å²) in [6.45, 7) is 6.28. The molecule has 2 rings (SSSR count). The zero-order valence-electron chi connectivity index (χ0n) is 11.5. The van der Waals surface area contributed by atoms with E-state index in [1.807, 2.05) is 0 Å². The first-order valence-electron chi connectivity index (χ1n) is 6.41. The highest BCUT2D eigenvalue weighted by molar-refractivity contribution is 5.70. The topological polar surface area (TPSA) is 73.1 Å². The molecule has 0 atom stereocenters. The highest BCUT2D eigenvalue weighted by atomic mass is 16.4. The van der Waals surface area contributed by atoms with Crippen LogP contribution in [0.2, 0.25) is 0 Å². The van der Waals surface area contributed by atoms with Crippen LogP contribution in [0.3, 0.4) is 0 Å². The normalized spacial score (nSPS) is 18.9. The van der Waals surface area contributed by atoms with Gasteiger partial charge in [0.25, 0.3) is 0 Å². The zero-order chi connectivity index (χ0) is 14.2. The van der Waals surface area contributed by atoms with Gasteiger partial charge in [-0.2, -0.15) is 5.26 Å². The third kappa shape index (κ3) is 2.41. The lowest BCUT2D eigenvalue weighted by molar-refractivity contribution is 0.197. The summed E-state index contributed by atoms with van der Waals surface area (Å²) in [6.07, 6.45) is 3.16. The molecule has 2 aliphatic carbocycles. The van der Waals surface area contributed by atoms with E-state index in [1.165, 1.54) is 0 Å². The summed E-state index contributed by atoms with van der Waals surface area (Å²) in [5, 5.41) is 20.7. The number of fused-ring (bicyclic) bond motifs is 1. The van der Waals surface area contributed by atoms with Crippen LogP contribution >= 0.6 is 0 Å². The Balaban J connectivity index is 2.47. The van der Waals surface area contributed by atoms with Gasteiger partial charge in [-0.1, -0.05) is 26.8 Å². The van der Waals surface area contributed by atoms with E-state index >= 15 is 0 Å². The molecular formula is C15H18N2O2. The minimum atomic E-state index is -1.03. The second-order valence-electron chi connectivity index (χ2n) is 5.92. The van der Waals surface area contributed by atoms with Gasteiger partial charge in [-0.3, -0.25) is 5.32 Å². The number of carbonyl (C=O) groups is 1. The van der Waals surface area contributed by atoms with Crippen LogP contribution in [0, 0.1) is 16.7 Å². The number of nitrogens with zero attached hydrogens (tertiary/aromatic N) is 1. The minimum Gasteiger partial charge on any atom is -0.465 e. The molecule has 4 nitrogen and oxygen atoms in total. The Morgan fingerprint density at radius 1 is 1.37 bits per heavy atom. The average Bonchev–Trinajstić information content (AvgIpc) is 2.69. The molecular weight excluding hydrogens is 240 g/mol. The van der Waals surface area contributed by atoms with E-state index in [0.717, 1.165) is 34.4 Å². The van der Waals surface area contributed by atoms with Crippen molar-refractivity contribution in [1.82, 2.24) is 5.32 Å². The van der Waals surface area contributed by atoms with Crippen LogP contribution in [0.5, 0.6) is 0 Å². The first-order chi connectivity index (χ1) is 8.84. The van der Waals surface area contributed by atoms with Gasteiger partial charge >= 0.3 is 6.09 Å². The highest BCUT2D eigenvalue weighted by Crippen LogP contribution is 2.44. The lowest BCUT2D eigenvalue weighted by Gasteiger charge is -2.27. The Labute approximate surface area is 113 Å². The van der Waals surface area contributed by atoms with Crippen LogP contribution in [-0.4, -0.2) is 11.2 Å². The van der Waals surface area contributed by atoms with Crippen molar-refractivity contribution in [3.05, 3.63) is 34.1 Å². The second kappa shape index (κ2) is 4.58. The van der Waals surface area contributed by atoms with Crippen LogP contribution < -0.4 is 5.32 Å². The molecule has 100 valence electrons. The number of hydrogen-bond donors (Lipinski definition) is 2. The number of hydrogen-bond acceptors (Lipinski definition) is 2. The van der Waals surface area contributed by atoms with Gasteiger partial charge in [-0.05, 0) is 41.4 Å².